The van der Waals surface area contributed by atoms with E-state index in [-0.39, 0.29) is 65.0 Å². The van der Waals surface area contributed by atoms with Crippen molar-refractivity contribution in [3.63, 3.8) is 0 Å². The summed E-state index contributed by atoms with van der Waals surface area (Å²) in [4.78, 5) is 26.6. The third-order valence-electron chi connectivity index (χ3n) is 6.64. The summed E-state index contributed by atoms with van der Waals surface area (Å²) in [6, 6.07) is 0. The molecule has 6 N–H and O–H groups in total. The summed E-state index contributed by atoms with van der Waals surface area (Å²) in [7, 11) is 0. The Morgan fingerprint density at radius 3 is 1.36 bits per heavy atom. The molecule has 0 bridgehead atoms. The summed E-state index contributed by atoms with van der Waals surface area (Å²) in [6.45, 7) is 7.33. The van der Waals surface area contributed by atoms with Crippen LogP contribution >= 0.6 is 0 Å². The summed E-state index contributed by atoms with van der Waals surface area (Å²) in [5.41, 5.74) is -1.03. The zero-order chi connectivity index (χ0) is 26.9. The Labute approximate surface area is 210 Å². The quantitative estimate of drug-likeness (QED) is 0.238. The van der Waals surface area contributed by atoms with Crippen molar-refractivity contribution in [2.24, 2.45) is 0 Å². The molecule has 0 atom stereocenters. The molecule has 3 rings (SSSR count). The molecule has 8 nitrogen and oxygen atoms in total. The summed E-state index contributed by atoms with van der Waals surface area (Å²) in [6.07, 6.45) is 3.22. The van der Waals surface area contributed by atoms with Crippen LogP contribution in [0.15, 0.2) is 39.6 Å². The van der Waals surface area contributed by atoms with Crippen LogP contribution in [0, 0.1) is 0 Å². The van der Waals surface area contributed by atoms with Gasteiger partial charge in [0.2, 0.25) is 5.78 Å². The number of ketones is 2. The third kappa shape index (κ3) is 4.04. The van der Waals surface area contributed by atoms with Gasteiger partial charge in [-0.05, 0) is 25.7 Å². The summed E-state index contributed by atoms with van der Waals surface area (Å²) >= 11 is 0. The molecular formula is C28H34O8. The Bertz CT molecular complexity index is 1220. The molecule has 0 spiro atoms. The standard InChI is InChI=1S/C28H34O8/c1-5-9-13-21(29)14(10-6-2)24(32)17(23(13)31)19-27(35)20(28(19)36)18-25(33)15(11-7-3)22(30)16(12-8-4)26(18)34/h29-33,35H,5-12H2,1-4H3. The van der Waals surface area contributed by atoms with Crippen LogP contribution in [0.4, 0.5) is 0 Å². The Hall–Kier alpha value is -3.68. The monoisotopic (exact) mass is 498 g/mol. The van der Waals surface area contributed by atoms with Gasteiger partial charge in [-0.25, -0.2) is 0 Å². The fourth-order valence-electron chi connectivity index (χ4n) is 4.91. The lowest BCUT2D eigenvalue weighted by Gasteiger charge is -2.29. The van der Waals surface area contributed by atoms with Gasteiger partial charge in [0.1, 0.15) is 34.5 Å². The Kier molecular flexibility index (Phi) is 7.86. The fraction of sp³-hybridized carbons (Fsp3) is 0.429. The Morgan fingerprint density at radius 1 is 0.472 bits per heavy atom. The number of phenolic OH excluding ortho intramolecular Hbond substituents is 3. The van der Waals surface area contributed by atoms with E-state index in [1.165, 1.54) is 0 Å². The zero-order valence-corrected chi connectivity index (χ0v) is 21.2. The van der Waals surface area contributed by atoms with Crippen molar-refractivity contribution in [3.8, 4) is 17.2 Å². The first kappa shape index (κ1) is 26.9. The minimum Gasteiger partial charge on any atom is -0.507 e. The molecule has 0 heterocycles. The molecule has 0 radical (unpaired) electrons. The number of hydrogen-bond acceptors (Lipinski definition) is 8. The molecule has 1 aromatic carbocycles. The Balaban J connectivity index is 2.32. The maximum atomic E-state index is 13.4. The van der Waals surface area contributed by atoms with E-state index in [0.29, 0.717) is 25.7 Å². The van der Waals surface area contributed by atoms with Crippen LogP contribution in [0.3, 0.4) is 0 Å². The van der Waals surface area contributed by atoms with Crippen molar-refractivity contribution in [3.05, 3.63) is 56.3 Å². The number of hydrogen-bond donors (Lipinski definition) is 6. The van der Waals surface area contributed by atoms with Gasteiger partial charge in [-0.1, -0.05) is 53.4 Å². The lowest BCUT2D eigenvalue weighted by atomic mass is 9.74. The predicted molar refractivity (Wildman–Crippen MR) is 135 cm³/mol. The number of Topliss-reactive ketones (excluding diaryl/α,β-unsaturated/α-hetero) is 2. The van der Waals surface area contributed by atoms with Gasteiger partial charge in [-0.15, -0.1) is 0 Å². The van der Waals surface area contributed by atoms with E-state index < -0.39 is 51.3 Å². The number of rotatable bonds is 9. The first-order valence-corrected chi connectivity index (χ1v) is 12.5. The number of carbonyl (C=O) groups excluding carboxylic acids is 2. The van der Waals surface area contributed by atoms with Gasteiger partial charge in [-0.3, -0.25) is 9.59 Å². The van der Waals surface area contributed by atoms with Gasteiger partial charge in [0.15, 0.2) is 5.78 Å². The van der Waals surface area contributed by atoms with E-state index in [1.54, 1.807) is 0 Å². The summed E-state index contributed by atoms with van der Waals surface area (Å²) < 4.78 is 0. The number of carbonyl (C=O) groups is 2. The maximum Gasteiger partial charge on any atom is 0.202 e. The zero-order valence-electron chi connectivity index (χ0n) is 21.2. The number of aliphatic hydroxyl groups is 3. The molecule has 0 aromatic heterocycles. The number of allylic oxidation sites excluding steroid dienone is 5. The van der Waals surface area contributed by atoms with Crippen LogP contribution < -0.4 is 0 Å². The average molecular weight is 499 g/mol. The molecular weight excluding hydrogens is 464 g/mol. The SMILES string of the molecule is CCCC1=C(O)C(CCC)=C(O)C(=C2C(=O)C(c3c(O)c(CCC)c(O)c(CCC)c3O)=C2O)C1=O. The van der Waals surface area contributed by atoms with Crippen molar-refractivity contribution in [1.82, 2.24) is 0 Å². The number of aromatic hydroxyl groups is 3. The van der Waals surface area contributed by atoms with Crippen LogP contribution in [0.5, 0.6) is 17.2 Å². The van der Waals surface area contributed by atoms with Gasteiger partial charge < -0.3 is 30.6 Å². The largest absolute Gasteiger partial charge is 0.507 e. The highest BCUT2D eigenvalue weighted by Crippen LogP contribution is 2.52. The maximum absolute atomic E-state index is 13.4. The smallest absolute Gasteiger partial charge is 0.202 e. The molecule has 8 heteroatoms. The van der Waals surface area contributed by atoms with Crippen molar-refractivity contribution in [2.75, 3.05) is 0 Å². The first-order chi connectivity index (χ1) is 17.1. The van der Waals surface area contributed by atoms with E-state index >= 15 is 0 Å². The molecule has 0 unspecified atom stereocenters. The molecule has 0 aliphatic heterocycles. The first-order valence-electron chi connectivity index (χ1n) is 12.5. The van der Waals surface area contributed by atoms with Gasteiger partial charge in [0.05, 0.1) is 22.3 Å². The van der Waals surface area contributed by atoms with Crippen LogP contribution in [0.2, 0.25) is 0 Å². The van der Waals surface area contributed by atoms with Crippen LogP contribution in [0.25, 0.3) is 5.57 Å². The highest BCUT2D eigenvalue weighted by atomic mass is 16.3. The van der Waals surface area contributed by atoms with E-state index in [1.807, 2.05) is 27.7 Å². The topological polar surface area (TPSA) is 156 Å². The fourth-order valence-corrected chi connectivity index (χ4v) is 4.91. The van der Waals surface area contributed by atoms with E-state index in [4.69, 9.17) is 0 Å². The van der Waals surface area contributed by atoms with Crippen molar-refractivity contribution in [1.29, 1.82) is 0 Å². The van der Waals surface area contributed by atoms with Crippen LogP contribution in [-0.4, -0.2) is 42.2 Å². The molecule has 0 saturated carbocycles. The van der Waals surface area contributed by atoms with E-state index in [9.17, 15) is 40.2 Å². The molecule has 0 saturated heterocycles. The molecule has 2 aliphatic rings. The normalized spacial score (nSPS) is 18.4. The molecule has 2 aliphatic carbocycles. The minimum atomic E-state index is -0.836. The van der Waals surface area contributed by atoms with Gasteiger partial charge >= 0.3 is 0 Å². The average Bonchev–Trinajstić information content (AvgIpc) is 2.85. The second-order valence-corrected chi connectivity index (χ2v) is 9.16. The van der Waals surface area contributed by atoms with E-state index in [2.05, 4.69) is 0 Å². The molecule has 0 fully saturated rings. The van der Waals surface area contributed by atoms with Crippen molar-refractivity contribution in [2.45, 2.75) is 79.1 Å². The lowest BCUT2D eigenvalue weighted by Crippen LogP contribution is -2.29. The summed E-state index contributed by atoms with van der Waals surface area (Å²) in [5, 5.41) is 64.9. The number of phenols is 3. The van der Waals surface area contributed by atoms with E-state index in [0.717, 1.165) is 0 Å². The number of aliphatic hydroxyl groups excluding tert-OH is 3. The van der Waals surface area contributed by atoms with Crippen molar-refractivity contribution >= 4 is 17.1 Å². The Morgan fingerprint density at radius 2 is 0.917 bits per heavy atom. The molecule has 1 aromatic rings. The minimum absolute atomic E-state index is 0.0566. The van der Waals surface area contributed by atoms with Crippen LogP contribution in [-0.2, 0) is 22.4 Å². The van der Waals surface area contributed by atoms with Gasteiger partial charge in [0, 0.05) is 22.3 Å². The molecule has 194 valence electrons. The van der Waals surface area contributed by atoms with Crippen molar-refractivity contribution < 1.29 is 40.2 Å². The highest BCUT2D eigenvalue weighted by Gasteiger charge is 2.45. The summed E-state index contributed by atoms with van der Waals surface area (Å²) in [5.74, 6) is -4.39. The molecule has 0 amide bonds. The predicted octanol–water partition coefficient (Wildman–Crippen LogP) is 5.66. The second kappa shape index (κ2) is 10.5. The second-order valence-electron chi connectivity index (χ2n) is 9.16. The van der Waals surface area contributed by atoms with Gasteiger partial charge in [0.25, 0.3) is 0 Å². The highest BCUT2D eigenvalue weighted by molar-refractivity contribution is 6.42. The third-order valence-corrected chi connectivity index (χ3v) is 6.64. The molecule has 36 heavy (non-hydrogen) atoms. The van der Waals surface area contributed by atoms with Gasteiger partial charge in [-0.2, -0.15) is 0 Å². The van der Waals surface area contributed by atoms with Crippen LogP contribution in [0.1, 0.15) is 82.9 Å². The number of benzene rings is 1. The lowest BCUT2D eigenvalue weighted by molar-refractivity contribution is -0.115.